The second-order valence-electron chi connectivity index (χ2n) is 26.4. The van der Waals surface area contributed by atoms with Crippen molar-refractivity contribution in [1.29, 1.82) is 0 Å². The van der Waals surface area contributed by atoms with Gasteiger partial charge in [0, 0.05) is 0 Å². The van der Waals surface area contributed by atoms with Crippen molar-refractivity contribution in [2.24, 2.45) is 0 Å². The molecule has 0 aliphatic carbocycles. The first kappa shape index (κ1) is 80.1. The van der Waals surface area contributed by atoms with Gasteiger partial charge in [0.2, 0.25) is 5.91 Å². The van der Waals surface area contributed by atoms with Gasteiger partial charge in [0.1, 0.15) is 36.6 Å². The summed E-state index contributed by atoms with van der Waals surface area (Å²) in [5.41, 5.74) is 0. The van der Waals surface area contributed by atoms with Gasteiger partial charge in [-0.15, -0.1) is 0 Å². The van der Waals surface area contributed by atoms with Gasteiger partial charge in [-0.1, -0.05) is 373 Å². The maximum absolute atomic E-state index is 13.2. The Labute approximate surface area is 513 Å². The molecule has 8 N–H and O–H groups in total. The van der Waals surface area contributed by atoms with E-state index in [0.717, 1.165) is 38.5 Å². The zero-order valence-corrected chi connectivity index (χ0v) is 55.0. The number of amides is 1. The summed E-state index contributed by atoms with van der Waals surface area (Å²) in [4.78, 5) is 13.2. The third-order valence-electron chi connectivity index (χ3n) is 18.4. The normalized spacial score (nSPS) is 18.9. The van der Waals surface area contributed by atoms with Gasteiger partial charge < -0.3 is 50.5 Å². The average molecular weight is 1180 g/mol. The van der Waals surface area contributed by atoms with Gasteiger partial charge in [-0.3, -0.25) is 4.79 Å². The first-order valence-electron chi connectivity index (χ1n) is 36.9. The molecular formula is C72H143NO10. The van der Waals surface area contributed by atoms with E-state index in [0.29, 0.717) is 19.3 Å². The van der Waals surface area contributed by atoms with E-state index in [-0.39, 0.29) is 6.42 Å². The van der Waals surface area contributed by atoms with E-state index in [4.69, 9.17) is 9.47 Å². The lowest BCUT2D eigenvalue weighted by Gasteiger charge is -2.40. The van der Waals surface area contributed by atoms with Crippen molar-refractivity contribution < 1.29 is 50.0 Å². The highest BCUT2D eigenvalue weighted by atomic mass is 16.7. The molecular weight excluding hydrogens is 1040 g/mol. The third kappa shape index (κ3) is 48.7. The Morgan fingerprint density at radius 3 is 0.892 bits per heavy atom. The van der Waals surface area contributed by atoms with Crippen LogP contribution < -0.4 is 5.32 Å². The number of rotatable bonds is 66. The molecule has 0 aromatic heterocycles. The topological polar surface area (TPSA) is 189 Å². The van der Waals surface area contributed by atoms with Crippen LogP contribution in [0.15, 0.2) is 0 Å². The number of hydrogen-bond acceptors (Lipinski definition) is 10. The lowest BCUT2D eigenvalue weighted by molar-refractivity contribution is -0.303. The van der Waals surface area contributed by atoms with E-state index in [1.807, 2.05) is 0 Å². The summed E-state index contributed by atoms with van der Waals surface area (Å²) >= 11 is 0. The van der Waals surface area contributed by atoms with Gasteiger partial charge in [0.25, 0.3) is 0 Å². The molecule has 0 aromatic carbocycles. The molecule has 0 saturated carbocycles. The molecule has 1 aliphatic rings. The maximum Gasteiger partial charge on any atom is 0.249 e. The van der Waals surface area contributed by atoms with E-state index in [1.54, 1.807) is 0 Å². The Morgan fingerprint density at radius 1 is 0.373 bits per heavy atom. The van der Waals surface area contributed by atoms with Crippen LogP contribution in [0.4, 0.5) is 0 Å². The predicted molar refractivity (Wildman–Crippen MR) is 349 cm³/mol. The summed E-state index contributed by atoms with van der Waals surface area (Å²) in [6, 6.07) is -1.16. The Bertz CT molecular complexity index is 1310. The molecule has 0 spiro atoms. The molecule has 1 aliphatic heterocycles. The second-order valence-corrected chi connectivity index (χ2v) is 26.4. The van der Waals surface area contributed by atoms with E-state index < -0.39 is 74.2 Å². The summed E-state index contributed by atoms with van der Waals surface area (Å²) < 4.78 is 11.2. The van der Waals surface area contributed by atoms with Crippen LogP contribution >= 0.6 is 0 Å². The van der Waals surface area contributed by atoms with Crippen molar-refractivity contribution in [3.63, 3.8) is 0 Å². The molecule has 1 heterocycles. The highest BCUT2D eigenvalue weighted by Crippen LogP contribution is 2.24. The SMILES string of the molecule is CCCCCCCCCCCCCCCCCCCCCCCCCCCCCCCCCCCCCCCCC(O)C(=O)NC(COC1OC(CO)C(O)C(O)C1O)C(O)C(O)CCCCCCCCCCCCCCCCCCCC. The molecule has 496 valence electrons. The number of ether oxygens (including phenoxy) is 2. The lowest BCUT2D eigenvalue weighted by Crippen LogP contribution is -2.60. The van der Waals surface area contributed by atoms with Crippen molar-refractivity contribution in [1.82, 2.24) is 5.32 Å². The minimum atomic E-state index is -1.66. The van der Waals surface area contributed by atoms with Crippen LogP contribution in [0, 0.1) is 0 Å². The van der Waals surface area contributed by atoms with E-state index in [1.165, 1.54) is 308 Å². The minimum Gasteiger partial charge on any atom is -0.394 e. The van der Waals surface area contributed by atoms with Gasteiger partial charge >= 0.3 is 0 Å². The quantitative estimate of drug-likeness (QED) is 0.0272. The first-order chi connectivity index (χ1) is 40.7. The van der Waals surface area contributed by atoms with Crippen LogP contribution in [-0.2, 0) is 14.3 Å². The van der Waals surface area contributed by atoms with Crippen molar-refractivity contribution >= 4 is 5.91 Å². The number of nitrogens with one attached hydrogen (secondary N) is 1. The average Bonchev–Trinajstić information content (AvgIpc) is 3.69. The van der Waals surface area contributed by atoms with Crippen LogP contribution in [0.25, 0.3) is 0 Å². The summed E-state index contributed by atoms with van der Waals surface area (Å²) in [5.74, 6) is -0.687. The molecule has 1 fully saturated rings. The molecule has 1 saturated heterocycles. The van der Waals surface area contributed by atoms with Crippen LogP contribution in [0.2, 0.25) is 0 Å². The number of hydrogen-bond donors (Lipinski definition) is 8. The highest BCUT2D eigenvalue weighted by molar-refractivity contribution is 5.80. The number of aliphatic hydroxyl groups excluding tert-OH is 7. The number of unbranched alkanes of at least 4 members (excludes halogenated alkanes) is 54. The minimum absolute atomic E-state index is 0.268. The van der Waals surface area contributed by atoms with Crippen molar-refractivity contribution in [3.8, 4) is 0 Å². The lowest BCUT2D eigenvalue weighted by atomic mass is 9.98. The Morgan fingerprint density at radius 2 is 0.627 bits per heavy atom. The van der Waals surface area contributed by atoms with E-state index in [9.17, 15) is 40.5 Å². The number of carbonyl (C=O) groups excluding carboxylic acids is 1. The number of aliphatic hydroxyl groups is 7. The van der Waals surface area contributed by atoms with Crippen LogP contribution in [0.5, 0.6) is 0 Å². The second kappa shape index (κ2) is 61.4. The molecule has 9 atom stereocenters. The Hall–Kier alpha value is -0.890. The number of carbonyl (C=O) groups is 1. The molecule has 11 nitrogen and oxygen atoms in total. The van der Waals surface area contributed by atoms with Crippen LogP contribution in [0.1, 0.15) is 386 Å². The van der Waals surface area contributed by atoms with Gasteiger partial charge in [-0.2, -0.15) is 0 Å². The molecule has 1 rings (SSSR count). The van der Waals surface area contributed by atoms with Gasteiger partial charge in [-0.05, 0) is 12.8 Å². The first-order valence-corrected chi connectivity index (χ1v) is 36.9. The predicted octanol–water partition coefficient (Wildman–Crippen LogP) is 18.0. The molecule has 0 aromatic rings. The van der Waals surface area contributed by atoms with Crippen molar-refractivity contribution in [2.75, 3.05) is 13.2 Å². The maximum atomic E-state index is 13.2. The van der Waals surface area contributed by atoms with Crippen molar-refractivity contribution in [2.45, 2.75) is 441 Å². The molecule has 0 bridgehead atoms. The fourth-order valence-electron chi connectivity index (χ4n) is 12.5. The van der Waals surface area contributed by atoms with Crippen LogP contribution in [-0.4, -0.2) is 110 Å². The fourth-order valence-corrected chi connectivity index (χ4v) is 12.5. The smallest absolute Gasteiger partial charge is 0.249 e. The molecule has 9 unspecified atom stereocenters. The summed E-state index contributed by atoms with van der Waals surface area (Å²) in [5, 5.41) is 76.5. The molecule has 11 heteroatoms. The largest absolute Gasteiger partial charge is 0.394 e. The fraction of sp³-hybridized carbons (Fsp3) is 0.986. The van der Waals surface area contributed by atoms with E-state index in [2.05, 4.69) is 19.2 Å². The summed E-state index contributed by atoms with van der Waals surface area (Å²) in [7, 11) is 0. The third-order valence-corrected chi connectivity index (χ3v) is 18.4. The highest BCUT2D eigenvalue weighted by Gasteiger charge is 2.44. The van der Waals surface area contributed by atoms with E-state index >= 15 is 0 Å². The molecule has 83 heavy (non-hydrogen) atoms. The monoisotopic (exact) mass is 1180 g/mol. The Kier molecular flexibility index (Phi) is 59.2. The zero-order valence-electron chi connectivity index (χ0n) is 55.0. The zero-order chi connectivity index (χ0) is 60.3. The Balaban J connectivity index is 2.09. The molecule has 0 radical (unpaired) electrons. The molecule has 1 amide bonds. The van der Waals surface area contributed by atoms with Crippen LogP contribution in [0.3, 0.4) is 0 Å². The van der Waals surface area contributed by atoms with Gasteiger partial charge in [0.15, 0.2) is 6.29 Å². The standard InChI is InChI=1S/C72H143NO10/c1-3-5-7-9-11-13-15-17-19-21-23-24-25-26-27-28-29-30-31-32-33-34-35-36-37-38-39-40-41-42-44-46-48-50-52-54-56-58-60-65(76)71(81)73-63(62-82-72-70(80)69(79)68(78)66(61-74)83-72)67(77)64(75)59-57-55-53-51-49-47-45-43-22-20-18-16-14-12-10-8-6-4-2/h63-70,72,74-80H,3-62H2,1-2H3,(H,73,81). The summed E-state index contributed by atoms with van der Waals surface area (Å²) in [6.07, 6.45) is 63.6. The van der Waals surface area contributed by atoms with Gasteiger partial charge in [-0.25, -0.2) is 0 Å². The van der Waals surface area contributed by atoms with Gasteiger partial charge in [0.05, 0.1) is 25.4 Å². The van der Waals surface area contributed by atoms with Crippen molar-refractivity contribution in [3.05, 3.63) is 0 Å². The summed E-state index contributed by atoms with van der Waals surface area (Å²) in [6.45, 7) is 3.52.